The lowest BCUT2D eigenvalue weighted by Crippen LogP contribution is -2.45. The van der Waals surface area contributed by atoms with Crippen molar-refractivity contribution >= 4 is 22.4 Å². The first-order valence-electron chi connectivity index (χ1n) is 7.80. The quantitative estimate of drug-likeness (QED) is 0.617. The largest absolute Gasteiger partial charge is 0.373 e. The Balaban J connectivity index is 1.91. The topological polar surface area (TPSA) is 61.8 Å². The van der Waals surface area contributed by atoms with E-state index in [0.29, 0.717) is 6.54 Å². The van der Waals surface area contributed by atoms with Gasteiger partial charge >= 0.3 is 0 Å². The van der Waals surface area contributed by atoms with Crippen LogP contribution < -0.4 is 15.5 Å². The highest BCUT2D eigenvalue weighted by Crippen LogP contribution is 2.23. The zero-order valence-corrected chi connectivity index (χ0v) is 14.8. The summed E-state index contributed by atoms with van der Waals surface area (Å²) in [6.45, 7) is 7.27. The third-order valence-electron chi connectivity index (χ3n) is 3.60. The van der Waals surface area contributed by atoms with E-state index in [2.05, 4.69) is 39.8 Å². The molecule has 1 fully saturated rings. The second kappa shape index (κ2) is 7.78. The maximum Gasteiger partial charge on any atom is 0.191 e. The number of ether oxygens (including phenoxy) is 1. The highest BCUT2D eigenvalue weighted by atomic mass is 32.1. The highest BCUT2D eigenvalue weighted by Gasteiger charge is 2.29. The first-order valence-corrected chi connectivity index (χ1v) is 8.68. The van der Waals surface area contributed by atoms with Crippen molar-refractivity contribution in [1.82, 2.24) is 15.6 Å². The molecule has 1 unspecified atom stereocenters. The molecule has 1 aliphatic rings. The summed E-state index contributed by atoms with van der Waals surface area (Å²) < 4.78 is 5.80. The average Bonchev–Trinajstić information content (AvgIpc) is 3.11. The summed E-state index contributed by atoms with van der Waals surface area (Å²) in [5.74, 6) is 0.818. The fourth-order valence-electron chi connectivity index (χ4n) is 2.32. The zero-order valence-electron chi connectivity index (χ0n) is 14.0. The van der Waals surface area contributed by atoms with Gasteiger partial charge in [0.25, 0.3) is 0 Å². The van der Waals surface area contributed by atoms with E-state index in [9.17, 15) is 0 Å². The Kier molecular flexibility index (Phi) is 6.02. The molecule has 0 radical (unpaired) electrons. The number of nitrogens with zero attached hydrogens (tertiary/aromatic N) is 3. The minimum atomic E-state index is -0.0745. The second-order valence-corrected chi connectivity index (χ2v) is 6.80. The van der Waals surface area contributed by atoms with Gasteiger partial charge in [0.05, 0.1) is 17.8 Å². The van der Waals surface area contributed by atoms with Gasteiger partial charge in [-0.05, 0) is 26.7 Å². The van der Waals surface area contributed by atoms with E-state index in [-0.39, 0.29) is 5.60 Å². The number of thiazole rings is 1. The fourth-order valence-corrected chi connectivity index (χ4v) is 3.07. The molecule has 0 amide bonds. The molecule has 0 bridgehead atoms. The summed E-state index contributed by atoms with van der Waals surface area (Å²) >= 11 is 1.64. The van der Waals surface area contributed by atoms with E-state index in [0.717, 1.165) is 49.3 Å². The lowest BCUT2D eigenvalue weighted by molar-refractivity contribution is 0.0243. The number of aromatic nitrogens is 1. The van der Waals surface area contributed by atoms with Crippen molar-refractivity contribution < 1.29 is 4.74 Å². The predicted molar refractivity (Wildman–Crippen MR) is 92.9 cm³/mol. The monoisotopic (exact) mass is 325 g/mol. The molecular weight excluding hydrogens is 298 g/mol. The van der Waals surface area contributed by atoms with E-state index < -0.39 is 0 Å². The molecule has 1 aromatic heterocycles. The first-order chi connectivity index (χ1) is 10.5. The number of anilines is 1. The van der Waals surface area contributed by atoms with Crippen molar-refractivity contribution in [1.29, 1.82) is 0 Å². The molecule has 2 N–H and O–H groups in total. The van der Waals surface area contributed by atoms with Gasteiger partial charge in [0.1, 0.15) is 0 Å². The molecule has 2 heterocycles. The van der Waals surface area contributed by atoms with Crippen LogP contribution in [-0.2, 0) is 11.3 Å². The van der Waals surface area contributed by atoms with Crippen LogP contribution in [0.25, 0.3) is 0 Å². The van der Waals surface area contributed by atoms with Crippen LogP contribution in [0.2, 0.25) is 0 Å². The molecule has 1 atom stereocenters. The molecular formula is C15H27N5OS. The van der Waals surface area contributed by atoms with Gasteiger partial charge in [-0.1, -0.05) is 0 Å². The molecule has 6 nitrogen and oxygen atoms in total. The smallest absolute Gasteiger partial charge is 0.191 e. The molecule has 0 aromatic carbocycles. The zero-order chi connectivity index (χ0) is 16.0. The van der Waals surface area contributed by atoms with Crippen molar-refractivity contribution in [2.75, 3.05) is 38.7 Å². The van der Waals surface area contributed by atoms with E-state index >= 15 is 0 Å². The number of hydrogen-bond acceptors (Lipinski definition) is 5. The van der Waals surface area contributed by atoms with Gasteiger partial charge in [-0.2, -0.15) is 0 Å². The number of hydrogen-bond donors (Lipinski definition) is 2. The maximum absolute atomic E-state index is 5.80. The Morgan fingerprint density at radius 2 is 2.32 bits per heavy atom. The van der Waals surface area contributed by atoms with Crippen molar-refractivity contribution in [3.63, 3.8) is 0 Å². The van der Waals surface area contributed by atoms with Gasteiger partial charge in [-0.3, -0.25) is 0 Å². The molecule has 0 saturated carbocycles. The summed E-state index contributed by atoms with van der Waals surface area (Å²) in [7, 11) is 4.00. The maximum atomic E-state index is 5.80. The number of rotatable bonds is 6. The van der Waals surface area contributed by atoms with Gasteiger partial charge in [-0.15, -0.1) is 11.3 Å². The van der Waals surface area contributed by atoms with Crippen LogP contribution in [0.15, 0.2) is 10.4 Å². The Hall–Kier alpha value is -1.34. The van der Waals surface area contributed by atoms with E-state index in [1.807, 2.05) is 19.0 Å². The minimum Gasteiger partial charge on any atom is -0.373 e. The Bertz CT molecular complexity index is 494. The van der Waals surface area contributed by atoms with Gasteiger partial charge in [0.2, 0.25) is 0 Å². The van der Waals surface area contributed by atoms with E-state index in [4.69, 9.17) is 4.74 Å². The fraction of sp³-hybridized carbons (Fsp3) is 0.733. The van der Waals surface area contributed by atoms with Crippen molar-refractivity contribution in [3.8, 4) is 0 Å². The van der Waals surface area contributed by atoms with Gasteiger partial charge in [0, 0.05) is 39.2 Å². The van der Waals surface area contributed by atoms with E-state index in [1.165, 1.54) is 0 Å². The van der Waals surface area contributed by atoms with Crippen molar-refractivity contribution in [2.24, 2.45) is 4.99 Å². The second-order valence-electron chi connectivity index (χ2n) is 5.97. The normalized spacial score (nSPS) is 21.9. The molecule has 0 spiro atoms. The summed E-state index contributed by atoms with van der Waals surface area (Å²) in [4.78, 5) is 11.2. The van der Waals surface area contributed by atoms with Crippen molar-refractivity contribution in [2.45, 2.75) is 38.8 Å². The molecule has 1 aromatic rings. The van der Waals surface area contributed by atoms with Crippen molar-refractivity contribution in [3.05, 3.63) is 11.1 Å². The standard InChI is InChI=1S/C15H27N5OS/c1-5-16-13(18-11-15(2)7-6-8-21-15)17-9-12-10-22-14(19-12)20(3)4/h10H,5-9,11H2,1-4H3,(H2,16,17,18). The minimum absolute atomic E-state index is 0.0745. The van der Waals surface area contributed by atoms with Crippen LogP contribution in [0.4, 0.5) is 5.13 Å². The molecule has 22 heavy (non-hydrogen) atoms. The molecule has 2 rings (SSSR count). The Morgan fingerprint density at radius 1 is 1.50 bits per heavy atom. The first kappa shape index (κ1) is 17.0. The highest BCUT2D eigenvalue weighted by molar-refractivity contribution is 7.13. The summed E-state index contributed by atoms with van der Waals surface area (Å²) in [6.07, 6.45) is 2.23. The summed E-state index contributed by atoms with van der Waals surface area (Å²) in [6, 6.07) is 0. The van der Waals surface area contributed by atoms with Gasteiger partial charge in [0.15, 0.2) is 11.1 Å². The Morgan fingerprint density at radius 3 is 2.91 bits per heavy atom. The van der Waals surface area contributed by atoms with Crippen LogP contribution in [0.5, 0.6) is 0 Å². The van der Waals surface area contributed by atoms with Crippen LogP contribution in [0, 0.1) is 0 Å². The predicted octanol–water partition coefficient (Wildman–Crippen LogP) is 1.83. The average molecular weight is 325 g/mol. The lowest BCUT2D eigenvalue weighted by atomic mass is 10.0. The number of nitrogens with one attached hydrogen (secondary N) is 2. The van der Waals surface area contributed by atoms with Crippen LogP contribution in [0.1, 0.15) is 32.4 Å². The number of aliphatic imine (C=N–C) groups is 1. The van der Waals surface area contributed by atoms with Gasteiger partial charge in [-0.25, -0.2) is 9.98 Å². The van der Waals surface area contributed by atoms with Crippen LogP contribution in [0.3, 0.4) is 0 Å². The van der Waals surface area contributed by atoms with Crippen LogP contribution >= 0.6 is 11.3 Å². The molecule has 0 aliphatic carbocycles. The van der Waals surface area contributed by atoms with Gasteiger partial charge < -0.3 is 20.3 Å². The van der Waals surface area contributed by atoms with E-state index in [1.54, 1.807) is 11.3 Å². The molecule has 124 valence electrons. The summed E-state index contributed by atoms with van der Waals surface area (Å²) in [5, 5.41) is 9.72. The molecule has 1 saturated heterocycles. The summed E-state index contributed by atoms with van der Waals surface area (Å²) in [5.41, 5.74) is 0.920. The molecule has 7 heteroatoms. The lowest BCUT2D eigenvalue weighted by Gasteiger charge is -2.24. The Labute approximate surface area is 137 Å². The number of guanidine groups is 1. The third kappa shape index (κ3) is 4.84. The van der Waals surface area contributed by atoms with Crippen LogP contribution in [-0.4, -0.2) is 50.3 Å². The molecule has 1 aliphatic heterocycles. The SMILES string of the molecule is CCNC(=NCc1csc(N(C)C)n1)NCC1(C)CCCO1. The third-order valence-corrected chi connectivity index (χ3v) is 4.65.